The molecule has 10 heteroatoms. The van der Waals surface area contributed by atoms with Crippen molar-refractivity contribution in [3.63, 3.8) is 0 Å². The van der Waals surface area contributed by atoms with Crippen LogP contribution in [0.15, 0.2) is 54.6 Å². The fourth-order valence-electron chi connectivity index (χ4n) is 6.81. The fourth-order valence-corrected chi connectivity index (χ4v) is 6.81. The number of esters is 1. The van der Waals surface area contributed by atoms with E-state index < -0.39 is 41.7 Å². The molecule has 0 aromatic heterocycles. The number of ether oxygens (including phenoxy) is 2. The highest BCUT2D eigenvalue weighted by molar-refractivity contribution is 5.99. The third kappa shape index (κ3) is 6.26. The van der Waals surface area contributed by atoms with Crippen molar-refractivity contribution in [1.82, 2.24) is 15.1 Å². The largest absolute Gasteiger partial charge is 0.455 e. The van der Waals surface area contributed by atoms with E-state index in [9.17, 15) is 24.3 Å². The van der Waals surface area contributed by atoms with Crippen LogP contribution >= 0.6 is 0 Å². The summed E-state index contributed by atoms with van der Waals surface area (Å²) in [6, 6.07) is 8.27. The van der Waals surface area contributed by atoms with Gasteiger partial charge >= 0.3 is 5.97 Å². The first-order chi connectivity index (χ1) is 20.9. The number of fused-ring (bicyclic) bond motifs is 2. The standard InChI is InChI=1S/C33H43N3O7/c1-2-3-9-18-35-19-10-5-8-15-26(38)34-22-25(23-13-6-4-7-14-23)42-32(41)27-24-16-17-33(43-24)28(27)30(39)36(20-11-12-21-37)29(33)31(35)40/h4-7,10,13-14,16-17,24-25,27-29,37H,2-3,8-9,11-12,15,18-22H2,1H3,(H,34,38)/b10-5-/t24-,25-,27+,28+,29-,33+/m1/s1. The first-order valence-corrected chi connectivity index (χ1v) is 15.7. The number of allylic oxidation sites excluding steroid dienone is 1. The zero-order chi connectivity index (χ0) is 30.4. The van der Waals surface area contributed by atoms with Crippen LogP contribution in [-0.4, -0.2) is 89.1 Å². The molecule has 1 aromatic carbocycles. The maximum Gasteiger partial charge on any atom is 0.313 e. The monoisotopic (exact) mass is 593 g/mol. The Morgan fingerprint density at radius 2 is 1.79 bits per heavy atom. The highest BCUT2D eigenvalue weighted by Crippen LogP contribution is 2.55. The van der Waals surface area contributed by atoms with Crippen LogP contribution in [0.25, 0.3) is 0 Å². The summed E-state index contributed by atoms with van der Waals surface area (Å²) in [4.78, 5) is 58.5. The molecule has 2 N–H and O–H groups in total. The number of aliphatic hydroxyl groups is 1. The van der Waals surface area contributed by atoms with E-state index >= 15 is 0 Å². The third-order valence-corrected chi connectivity index (χ3v) is 8.98. The Morgan fingerprint density at radius 1 is 1.00 bits per heavy atom. The Kier molecular flexibility index (Phi) is 9.97. The van der Waals surface area contributed by atoms with Crippen LogP contribution in [0, 0.1) is 11.8 Å². The molecule has 0 unspecified atom stereocenters. The molecule has 232 valence electrons. The number of carbonyl (C=O) groups excluding carboxylic acids is 4. The number of hydrogen-bond donors (Lipinski definition) is 2. The second-order valence-corrected chi connectivity index (χ2v) is 11.8. The van der Waals surface area contributed by atoms with Crippen LogP contribution in [0.4, 0.5) is 0 Å². The number of unbranched alkanes of at least 4 members (excludes halogenated alkanes) is 3. The van der Waals surface area contributed by atoms with E-state index in [0.717, 1.165) is 24.8 Å². The number of amides is 3. The molecule has 3 amide bonds. The number of hydrogen-bond acceptors (Lipinski definition) is 7. The van der Waals surface area contributed by atoms with Crippen molar-refractivity contribution in [3.8, 4) is 0 Å². The van der Waals surface area contributed by atoms with Gasteiger partial charge in [-0.2, -0.15) is 0 Å². The zero-order valence-corrected chi connectivity index (χ0v) is 24.9. The molecule has 6 atom stereocenters. The summed E-state index contributed by atoms with van der Waals surface area (Å²) in [5.74, 6) is -3.12. The van der Waals surface area contributed by atoms with E-state index in [1.807, 2.05) is 48.6 Å². The Balaban J connectivity index is 1.52. The second-order valence-electron chi connectivity index (χ2n) is 11.8. The van der Waals surface area contributed by atoms with Crippen molar-refractivity contribution in [1.29, 1.82) is 0 Å². The maximum atomic E-state index is 14.4. The molecule has 43 heavy (non-hydrogen) atoms. The van der Waals surface area contributed by atoms with Crippen molar-refractivity contribution < 1.29 is 33.8 Å². The SMILES string of the molecule is CCCCCN1C/C=C\CCC(=O)NC[C@H](c2ccccc2)OC(=O)[C@@H]2[C@H]3C(=O)N(CCCCO)[C@H](C1=O)[C@]31C=C[C@H]2O1. The number of carbonyl (C=O) groups is 4. The highest BCUT2D eigenvalue weighted by atomic mass is 16.6. The lowest BCUT2D eigenvalue weighted by molar-refractivity contribution is -0.159. The van der Waals surface area contributed by atoms with E-state index in [4.69, 9.17) is 9.47 Å². The number of nitrogens with zero attached hydrogens (tertiary/aromatic N) is 2. The number of rotatable bonds is 9. The molecule has 0 saturated carbocycles. The van der Waals surface area contributed by atoms with Crippen LogP contribution in [-0.2, 0) is 28.7 Å². The van der Waals surface area contributed by atoms with E-state index in [1.54, 1.807) is 15.9 Å². The summed E-state index contributed by atoms with van der Waals surface area (Å²) < 4.78 is 12.5. The third-order valence-electron chi connectivity index (χ3n) is 8.98. The number of aliphatic hydroxyl groups excluding tert-OH is 1. The minimum atomic E-state index is -1.28. The van der Waals surface area contributed by atoms with Gasteiger partial charge in [-0.25, -0.2) is 0 Å². The Morgan fingerprint density at radius 3 is 2.56 bits per heavy atom. The summed E-state index contributed by atoms with van der Waals surface area (Å²) in [6.07, 6.45) is 10.5. The van der Waals surface area contributed by atoms with Gasteiger partial charge in [-0.3, -0.25) is 19.2 Å². The number of likely N-dealkylation sites (tertiary alicyclic amines) is 1. The van der Waals surface area contributed by atoms with Crippen LogP contribution in [0.5, 0.6) is 0 Å². The van der Waals surface area contributed by atoms with Gasteiger partial charge in [-0.15, -0.1) is 0 Å². The maximum absolute atomic E-state index is 14.4. The van der Waals surface area contributed by atoms with Gasteiger partial charge in [0.25, 0.3) is 0 Å². The number of nitrogens with one attached hydrogen (secondary N) is 1. The van der Waals surface area contributed by atoms with Gasteiger partial charge < -0.3 is 29.7 Å². The molecular weight excluding hydrogens is 550 g/mol. The Labute approximate surface area is 253 Å². The number of cyclic esters (lactones) is 1. The minimum Gasteiger partial charge on any atom is -0.455 e. The highest BCUT2D eigenvalue weighted by Gasteiger charge is 2.73. The van der Waals surface area contributed by atoms with Gasteiger partial charge in [0.2, 0.25) is 17.7 Å². The lowest BCUT2D eigenvalue weighted by atomic mass is 9.74. The van der Waals surface area contributed by atoms with Crippen molar-refractivity contribution >= 4 is 23.7 Å². The van der Waals surface area contributed by atoms with Crippen LogP contribution in [0.1, 0.15) is 63.5 Å². The molecule has 10 nitrogen and oxygen atoms in total. The normalized spacial score (nSPS) is 31.7. The molecule has 4 heterocycles. The van der Waals surface area contributed by atoms with Crippen LogP contribution in [0.2, 0.25) is 0 Å². The average molecular weight is 594 g/mol. The molecule has 1 spiro atoms. The quantitative estimate of drug-likeness (QED) is 0.256. The first kappa shape index (κ1) is 30.9. The molecule has 0 aliphatic carbocycles. The Hall–Kier alpha value is -3.50. The lowest BCUT2D eigenvalue weighted by Gasteiger charge is -2.36. The van der Waals surface area contributed by atoms with Crippen LogP contribution in [0.3, 0.4) is 0 Å². The molecule has 5 bridgehead atoms. The molecule has 2 fully saturated rings. The van der Waals surface area contributed by atoms with E-state index in [2.05, 4.69) is 12.2 Å². The predicted octanol–water partition coefficient (Wildman–Crippen LogP) is 2.68. The first-order valence-electron chi connectivity index (χ1n) is 15.7. The van der Waals surface area contributed by atoms with Gasteiger partial charge in [0.15, 0.2) is 0 Å². The van der Waals surface area contributed by atoms with Gasteiger partial charge in [0.1, 0.15) is 23.7 Å². The molecule has 0 radical (unpaired) electrons. The van der Waals surface area contributed by atoms with E-state index in [0.29, 0.717) is 32.4 Å². The Bertz CT molecular complexity index is 1230. The fraction of sp³-hybridized carbons (Fsp3) is 0.576. The van der Waals surface area contributed by atoms with Gasteiger partial charge in [-0.05, 0) is 31.2 Å². The van der Waals surface area contributed by atoms with Gasteiger partial charge in [0.05, 0.1) is 18.6 Å². The van der Waals surface area contributed by atoms with E-state index in [1.165, 1.54) is 0 Å². The molecule has 4 aliphatic rings. The van der Waals surface area contributed by atoms with Crippen molar-refractivity contribution in [2.45, 2.75) is 75.7 Å². The summed E-state index contributed by atoms with van der Waals surface area (Å²) in [5.41, 5.74) is -0.554. The summed E-state index contributed by atoms with van der Waals surface area (Å²) in [5, 5.41) is 12.3. The van der Waals surface area contributed by atoms with Gasteiger partial charge in [-0.1, -0.05) is 74.4 Å². The summed E-state index contributed by atoms with van der Waals surface area (Å²) >= 11 is 0. The topological polar surface area (TPSA) is 125 Å². The summed E-state index contributed by atoms with van der Waals surface area (Å²) in [7, 11) is 0. The lowest BCUT2D eigenvalue weighted by Crippen LogP contribution is -2.56. The molecule has 4 aliphatic heterocycles. The molecule has 1 aromatic rings. The number of benzene rings is 1. The average Bonchev–Trinajstić information content (AvgIpc) is 3.65. The molecular formula is C33H43N3O7. The summed E-state index contributed by atoms with van der Waals surface area (Å²) in [6.45, 7) is 3.31. The van der Waals surface area contributed by atoms with Crippen molar-refractivity contribution in [3.05, 3.63) is 60.2 Å². The minimum absolute atomic E-state index is 0.0198. The van der Waals surface area contributed by atoms with Crippen molar-refractivity contribution in [2.24, 2.45) is 11.8 Å². The van der Waals surface area contributed by atoms with Crippen LogP contribution < -0.4 is 5.32 Å². The molecule has 2 saturated heterocycles. The zero-order valence-electron chi connectivity index (χ0n) is 24.9. The van der Waals surface area contributed by atoms with E-state index in [-0.39, 0.29) is 43.8 Å². The molecule has 5 rings (SSSR count). The van der Waals surface area contributed by atoms with Crippen molar-refractivity contribution in [2.75, 3.05) is 32.8 Å². The van der Waals surface area contributed by atoms with Gasteiger partial charge in [0, 0.05) is 32.7 Å². The smallest absolute Gasteiger partial charge is 0.313 e. The predicted molar refractivity (Wildman–Crippen MR) is 158 cm³/mol. The second kappa shape index (κ2) is 13.9.